The molecular weight excluding hydrogens is 166 g/mol. The van der Waals surface area contributed by atoms with Crippen LogP contribution in [-0.4, -0.2) is 36.6 Å². The molecule has 3 heteroatoms. The topological polar surface area (TPSA) is 29.5 Å². The molecule has 0 aromatic carbocycles. The lowest BCUT2D eigenvalue weighted by molar-refractivity contribution is -0.143. The highest BCUT2D eigenvalue weighted by atomic mass is 16.5. The van der Waals surface area contributed by atoms with Crippen LogP contribution in [0.4, 0.5) is 0 Å². The Morgan fingerprint density at radius 1 is 1.46 bits per heavy atom. The van der Waals surface area contributed by atoms with Crippen LogP contribution < -0.4 is 0 Å². The highest BCUT2D eigenvalue weighted by Gasteiger charge is 2.39. The number of likely N-dealkylation sites (tertiary alicyclic amines) is 1. The summed E-state index contributed by atoms with van der Waals surface area (Å²) in [5, 5.41) is 0. The van der Waals surface area contributed by atoms with E-state index >= 15 is 0 Å². The van der Waals surface area contributed by atoms with Gasteiger partial charge < -0.3 is 9.64 Å². The van der Waals surface area contributed by atoms with E-state index in [2.05, 4.69) is 13.8 Å². The van der Waals surface area contributed by atoms with Crippen LogP contribution in [-0.2, 0) is 9.53 Å². The molecule has 2 aliphatic heterocycles. The lowest BCUT2D eigenvalue weighted by Crippen LogP contribution is -2.50. The molecule has 1 amide bonds. The molecule has 0 N–H and O–H groups in total. The maximum Gasteiger partial charge on any atom is 0.226 e. The summed E-state index contributed by atoms with van der Waals surface area (Å²) in [6.07, 6.45) is 1.03. The molecule has 0 saturated carbocycles. The van der Waals surface area contributed by atoms with Gasteiger partial charge in [-0.1, -0.05) is 13.8 Å². The molecule has 2 heterocycles. The zero-order chi connectivity index (χ0) is 9.42. The van der Waals surface area contributed by atoms with Crippen molar-refractivity contribution < 1.29 is 9.53 Å². The number of ether oxygens (including phenoxy) is 1. The van der Waals surface area contributed by atoms with Gasteiger partial charge >= 0.3 is 0 Å². The van der Waals surface area contributed by atoms with Gasteiger partial charge in [-0.05, 0) is 12.3 Å². The highest BCUT2D eigenvalue weighted by molar-refractivity contribution is 5.81. The molecule has 74 valence electrons. The molecule has 0 radical (unpaired) electrons. The van der Waals surface area contributed by atoms with Gasteiger partial charge in [0, 0.05) is 12.5 Å². The normalized spacial score (nSPS) is 29.9. The van der Waals surface area contributed by atoms with Gasteiger partial charge in [-0.3, -0.25) is 4.79 Å². The highest BCUT2D eigenvalue weighted by Crippen LogP contribution is 2.28. The molecule has 13 heavy (non-hydrogen) atoms. The number of rotatable bonds is 2. The van der Waals surface area contributed by atoms with E-state index in [0.717, 1.165) is 26.2 Å². The Bertz CT molecular complexity index is 211. The summed E-state index contributed by atoms with van der Waals surface area (Å²) >= 11 is 0. The Labute approximate surface area is 79.0 Å². The molecule has 0 aliphatic carbocycles. The van der Waals surface area contributed by atoms with Crippen molar-refractivity contribution in [1.29, 1.82) is 0 Å². The van der Waals surface area contributed by atoms with E-state index in [4.69, 9.17) is 4.74 Å². The Balaban J connectivity index is 1.97. The van der Waals surface area contributed by atoms with Gasteiger partial charge in [0.2, 0.25) is 5.91 Å². The summed E-state index contributed by atoms with van der Waals surface area (Å²) in [7, 11) is 0. The van der Waals surface area contributed by atoms with Gasteiger partial charge in [-0.2, -0.15) is 0 Å². The lowest BCUT2D eigenvalue weighted by Gasteiger charge is -2.34. The van der Waals surface area contributed by atoms with Crippen LogP contribution in [0, 0.1) is 11.8 Å². The first kappa shape index (κ1) is 9.00. The smallest absolute Gasteiger partial charge is 0.226 e. The summed E-state index contributed by atoms with van der Waals surface area (Å²) in [5.41, 5.74) is 0. The third-order valence-corrected chi connectivity index (χ3v) is 3.15. The fourth-order valence-corrected chi connectivity index (χ4v) is 2.11. The van der Waals surface area contributed by atoms with Gasteiger partial charge in [0.05, 0.1) is 19.3 Å². The van der Waals surface area contributed by atoms with Crippen molar-refractivity contribution in [3.63, 3.8) is 0 Å². The first-order valence-electron chi connectivity index (χ1n) is 5.08. The number of hydrogen-bond donors (Lipinski definition) is 0. The Hall–Kier alpha value is -0.570. The van der Waals surface area contributed by atoms with Crippen LogP contribution in [0.5, 0.6) is 0 Å². The standard InChI is InChI=1S/C10H17NO2/c1-7(2)9-3-4-11(10(9)12)8-5-13-6-8/h7-9H,3-6H2,1-2H3/t9-/m0/s1. The first-order chi connectivity index (χ1) is 6.20. The van der Waals surface area contributed by atoms with Gasteiger partial charge in [-0.15, -0.1) is 0 Å². The van der Waals surface area contributed by atoms with Crippen molar-refractivity contribution >= 4 is 5.91 Å². The van der Waals surface area contributed by atoms with Gasteiger partial charge in [-0.25, -0.2) is 0 Å². The summed E-state index contributed by atoms with van der Waals surface area (Å²) in [4.78, 5) is 13.9. The van der Waals surface area contributed by atoms with E-state index in [9.17, 15) is 4.79 Å². The molecule has 0 aromatic heterocycles. The third-order valence-electron chi connectivity index (χ3n) is 3.15. The Morgan fingerprint density at radius 2 is 2.15 bits per heavy atom. The van der Waals surface area contributed by atoms with Gasteiger partial charge in [0.25, 0.3) is 0 Å². The van der Waals surface area contributed by atoms with E-state index in [-0.39, 0.29) is 5.92 Å². The summed E-state index contributed by atoms with van der Waals surface area (Å²) in [6, 6.07) is 0.385. The minimum absolute atomic E-state index is 0.264. The minimum atomic E-state index is 0.264. The SMILES string of the molecule is CC(C)[C@@H]1CCN(C2COC2)C1=O. The molecule has 0 bridgehead atoms. The molecule has 2 saturated heterocycles. The number of carbonyl (C=O) groups is 1. The molecular formula is C10H17NO2. The predicted molar refractivity (Wildman–Crippen MR) is 49.3 cm³/mol. The van der Waals surface area contributed by atoms with E-state index in [1.54, 1.807) is 0 Å². The lowest BCUT2D eigenvalue weighted by atomic mass is 9.95. The van der Waals surface area contributed by atoms with Crippen molar-refractivity contribution in [2.24, 2.45) is 11.8 Å². The average Bonchev–Trinajstić information content (AvgIpc) is 2.29. The monoisotopic (exact) mass is 183 g/mol. The molecule has 2 aliphatic rings. The second kappa shape index (κ2) is 3.29. The quantitative estimate of drug-likeness (QED) is 0.636. The minimum Gasteiger partial charge on any atom is -0.377 e. The summed E-state index contributed by atoms with van der Waals surface area (Å²) in [6.45, 7) is 6.69. The fourth-order valence-electron chi connectivity index (χ4n) is 2.11. The fraction of sp³-hybridized carbons (Fsp3) is 0.900. The summed E-state index contributed by atoms with van der Waals surface area (Å²) in [5.74, 6) is 1.10. The molecule has 1 atom stereocenters. The van der Waals surface area contributed by atoms with Gasteiger partial charge in [0.15, 0.2) is 0 Å². The zero-order valence-electron chi connectivity index (χ0n) is 8.32. The van der Waals surface area contributed by atoms with E-state index in [0.29, 0.717) is 17.9 Å². The first-order valence-corrected chi connectivity index (χ1v) is 5.08. The second-order valence-corrected chi connectivity index (χ2v) is 4.36. The number of nitrogens with zero attached hydrogens (tertiary/aromatic N) is 1. The predicted octanol–water partition coefficient (Wildman–Crippen LogP) is 0.890. The largest absolute Gasteiger partial charge is 0.377 e. The van der Waals surface area contributed by atoms with Gasteiger partial charge in [0.1, 0.15) is 0 Å². The van der Waals surface area contributed by atoms with E-state index in [1.807, 2.05) is 4.90 Å². The molecule has 0 aromatic rings. The average molecular weight is 183 g/mol. The molecule has 2 rings (SSSR count). The number of amides is 1. The van der Waals surface area contributed by atoms with Crippen LogP contribution >= 0.6 is 0 Å². The third kappa shape index (κ3) is 1.46. The van der Waals surface area contributed by atoms with E-state index < -0.39 is 0 Å². The Morgan fingerprint density at radius 3 is 2.54 bits per heavy atom. The summed E-state index contributed by atoms with van der Waals surface area (Å²) < 4.78 is 5.10. The molecule has 2 fully saturated rings. The molecule has 3 nitrogen and oxygen atoms in total. The van der Waals surface area contributed by atoms with Crippen LogP contribution in [0.1, 0.15) is 20.3 Å². The van der Waals surface area contributed by atoms with Crippen LogP contribution in [0.25, 0.3) is 0 Å². The number of carbonyl (C=O) groups excluding carboxylic acids is 1. The zero-order valence-corrected chi connectivity index (χ0v) is 8.32. The van der Waals surface area contributed by atoms with Crippen LogP contribution in [0.2, 0.25) is 0 Å². The van der Waals surface area contributed by atoms with Crippen molar-refractivity contribution in [3.05, 3.63) is 0 Å². The van der Waals surface area contributed by atoms with Crippen LogP contribution in [0.15, 0.2) is 0 Å². The molecule has 0 unspecified atom stereocenters. The van der Waals surface area contributed by atoms with E-state index in [1.165, 1.54) is 0 Å². The maximum absolute atomic E-state index is 11.9. The second-order valence-electron chi connectivity index (χ2n) is 4.36. The number of hydrogen-bond acceptors (Lipinski definition) is 2. The van der Waals surface area contributed by atoms with Crippen molar-refractivity contribution in [1.82, 2.24) is 4.90 Å². The van der Waals surface area contributed by atoms with Crippen LogP contribution in [0.3, 0.4) is 0 Å². The van der Waals surface area contributed by atoms with Crippen molar-refractivity contribution in [2.45, 2.75) is 26.3 Å². The Kier molecular flexibility index (Phi) is 2.28. The molecule has 0 spiro atoms. The van der Waals surface area contributed by atoms with Crippen molar-refractivity contribution in [3.8, 4) is 0 Å². The van der Waals surface area contributed by atoms with Crippen molar-refractivity contribution in [2.75, 3.05) is 19.8 Å². The maximum atomic E-state index is 11.9.